The zero-order valence-electron chi connectivity index (χ0n) is 15.0. The molecule has 0 radical (unpaired) electrons. The molecule has 1 aromatic carbocycles. The van der Waals surface area contributed by atoms with Gasteiger partial charge in [-0.15, -0.1) is 0 Å². The number of nitrogens with zero attached hydrogens (tertiary/aromatic N) is 4. The monoisotopic (exact) mass is 356 g/mol. The van der Waals surface area contributed by atoms with Gasteiger partial charge in [-0.25, -0.2) is 9.50 Å². The molecular weight excluding hydrogens is 336 g/mol. The van der Waals surface area contributed by atoms with Crippen molar-refractivity contribution in [3.63, 3.8) is 0 Å². The SMILES string of the molecule is c1ccc(CN2[C@H]3CC[C@@H]2c2cnc4cc(-c5ccco5)nn4c2C3)cc1. The molecule has 0 spiro atoms. The average molecular weight is 356 g/mol. The summed E-state index contributed by atoms with van der Waals surface area (Å²) in [4.78, 5) is 7.37. The van der Waals surface area contributed by atoms with Crippen LogP contribution in [0.1, 0.15) is 35.7 Å². The van der Waals surface area contributed by atoms with Crippen LogP contribution in [0.5, 0.6) is 0 Å². The molecule has 5 heterocycles. The maximum atomic E-state index is 5.52. The van der Waals surface area contributed by atoms with E-state index in [1.54, 1.807) is 6.26 Å². The van der Waals surface area contributed by atoms with Gasteiger partial charge in [0.15, 0.2) is 11.4 Å². The lowest BCUT2D eigenvalue weighted by Gasteiger charge is -2.36. The highest BCUT2D eigenvalue weighted by atomic mass is 16.3. The minimum atomic E-state index is 0.437. The number of hydrogen-bond acceptors (Lipinski definition) is 4. The van der Waals surface area contributed by atoms with E-state index in [1.807, 2.05) is 22.7 Å². The molecule has 1 fully saturated rings. The largest absolute Gasteiger partial charge is 0.463 e. The third kappa shape index (κ3) is 2.35. The van der Waals surface area contributed by atoms with Crippen LogP contribution in [-0.2, 0) is 13.0 Å². The van der Waals surface area contributed by atoms with E-state index in [2.05, 4.69) is 41.4 Å². The number of rotatable bonds is 3. The lowest BCUT2D eigenvalue weighted by molar-refractivity contribution is 0.165. The lowest BCUT2D eigenvalue weighted by Crippen LogP contribution is -2.38. The van der Waals surface area contributed by atoms with Gasteiger partial charge in [0.25, 0.3) is 0 Å². The van der Waals surface area contributed by atoms with E-state index in [4.69, 9.17) is 14.5 Å². The summed E-state index contributed by atoms with van der Waals surface area (Å²) in [5, 5.41) is 4.82. The highest BCUT2D eigenvalue weighted by Gasteiger charge is 2.41. The van der Waals surface area contributed by atoms with Crippen LogP contribution in [-0.4, -0.2) is 25.5 Å². The van der Waals surface area contributed by atoms with E-state index < -0.39 is 0 Å². The second kappa shape index (κ2) is 5.79. The molecule has 27 heavy (non-hydrogen) atoms. The highest BCUT2D eigenvalue weighted by Crippen LogP contribution is 2.44. The van der Waals surface area contributed by atoms with Gasteiger partial charge in [0, 0.05) is 42.9 Å². The summed E-state index contributed by atoms with van der Waals surface area (Å²) < 4.78 is 7.56. The Bertz CT molecular complexity index is 1100. The summed E-state index contributed by atoms with van der Waals surface area (Å²) >= 11 is 0. The minimum Gasteiger partial charge on any atom is -0.463 e. The Hall–Kier alpha value is -2.92. The Balaban J connectivity index is 1.41. The number of aromatic nitrogens is 3. The number of fused-ring (bicyclic) bond motifs is 6. The summed E-state index contributed by atoms with van der Waals surface area (Å²) in [6.45, 7) is 1.00. The molecule has 1 saturated heterocycles. The van der Waals surface area contributed by atoms with Crippen LogP contribution >= 0.6 is 0 Å². The van der Waals surface area contributed by atoms with Gasteiger partial charge in [-0.1, -0.05) is 30.3 Å². The molecule has 4 aromatic rings. The van der Waals surface area contributed by atoms with Crippen molar-refractivity contribution in [2.45, 2.75) is 37.9 Å². The van der Waals surface area contributed by atoms with Crippen molar-refractivity contribution in [2.75, 3.05) is 0 Å². The van der Waals surface area contributed by atoms with Gasteiger partial charge in [-0.2, -0.15) is 5.10 Å². The van der Waals surface area contributed by atoms with Crippen molar-refractivity contribution in [2.24, 2.45) is 0 Å². The van der Waals surface area contributed by atoms with Gasteiger partial charge in [-0.3, -0.25) is 4.90 Å². The number of furan rings is 1. The average Bonchev–Trinajstić information content (AvgIpc) is 3.41. The van der Waals surface area contributed by atoms with Gasteiger partial charge < -0.3 is 4.42 Å². The van der Waals surface area contributed by atoms with Crippen LogP contribution in [0.3, 0.4) is 0 Å². The molecule has 0 aliphatic carbocycles. The Labute approximate surface area is 157 Å². The summed E-state index contributed by atoms with van der Waals surface area (Å²) in [7, 11) is 0. The van der Waals surface area contributed by atoms with Gasteiger partial charge >= 0.3 is 0 Å². The zero-order valence-corrected chi connectivity index (χ0v) is 15.0. The summed E-state index contributed by atoms with van der Waals surface area (Å²) in [5.41, 5.74) is 5.78. The molecule has 5 heteroatoms. The molecule has 6 rings (SSSR count). The fourth-order valence-electron chi connectivity index (χ4n) is 4.77. The fourth-order valence-corrected chi connectivity index (χ4v) is 4.77. The van der Waals surface area contributed by atoms with E-state index in [0.29, 0.717) is 12.1 Å². The van der Waals surface area contributed by atoms with Crippen molar-refractivity contribution < 1.29 is 4.42 Å². The second-order valence-corrected chi connectivity index (χ2v) is 7.55. The first-order valence-electron chi connectivity index (χ1n) is 9.58. The first-order chi connectivity index (χ1) is 13.4. The molecule has 0 N–H and O–H groups in total. The molecule has 0 amide bonds. The van der Waals surface area contributed by atoms with Crippen LogP contribution in [0.15, 0.2) is 65.4 Å². The standard InChI is InChI=1S/C22H20N4O/c1-2-5-15(6-3-1)14-25-16-8-9-19(25)17-13-23-22-12-18(21-7-4-10-27-21)24-26(22)20(17)11-16/h1-7,10,12-13,16,19H,8-9,11,14H2/t16-,19+/m0/s1. The zero-order chi connectivity index (χ0) is 17.8. The summed E-state index contributed by atoms with van der Waals surface area (Å²) in [6, 6.07) is 17.6. The van der Waals surface area contributed by atoms with Gasteiger partial charge in [0.2, 0.25) is 0 Å². The number of benzene rings is 1. The lowest BCUT2D eigenvalue weighted by atomic mass is 9.98. The van der Waals surface area contributed by atoms with Crippen molar-refractivity contribution in [3.05, 3.63) is 77.8 Å². The fraction of sp³-hybridized carbons (Fsp3) is 0.273. The molecular formula is C22H20N4O. The van der Waals surface area contributed by atoms with Crippen molar-refractivity contribution in [1.82, 2.24) is 19.5 Å². The minimum absolute atomic E-state index is 0.437. The first kappa shape index (κ1) is 15.2. The van der Waals surface area contributed by atoms with E-state index in [-0.39, 0.29) is 0 Å². The molecule has 0 saturated carbocycles. The molecule has 2 atom stereocenters. The molecule has 5 nitrogen and oxygen atoms in total. The van der Waals surface area contributed by atoms with Gasteiger partial charge in [0.05, 0.1) is 12.0 Å². The van der Waals surface area contributed by atoms with Crippen LogP contribution in [0.25, 0.3) is 17.1 Å². The Kier molecular flexibility index (Phi) is 3.25. The topological polar surface area (TPSA) is 46.6 Å². The van der Waals surface area contributed by atoms with E-state index in [0.717, 1.165) is 30.1 Å². The number of hydrogen-bond donors (Lipinski definition) is 0. The quantitative estimate of drug-likeness (QED) is 0.550. The van der Waals surface area contributed by atoms with Gasteiger partial charge in [0.1, 0.15) is 5.69 Å². The van der Waals surface area contributed by atoms with Crippen LogP contribution in [0, 0.1) is 0 Å². The Morgan fingerprint density at radius 3 is 2.85 bits per heavy atom. The van der Waals surface area contributed by atoms with Crippen molar-refractivity contribution in [3.8, 4) is 11.5 Å². The van der Waals surface area contributed by atoms with E-state index in [1.165, 1.54) is 29.7 Å². The van der Waals surface area contributed by atoms with Crippen LogP contribution in [0.4, 0.5) is 0 Å². The predicted octanol–water partition coefficient (Wildman–Crippen LogP) is 4.25. The van der Waals surface area contributed by atoms with Crippen LogP contribution in [0.2, 0.25) is 0 Å². The maximum absolute atomic E-state index is 5.52. The smallest absolute Gasteiger partial charge is 0.155 e. The van der Waals surface area contributed by atoms with E-state index in [9.17, 15) is 0 Å². The highest BCUT2D eigenvalue weighted by molar-refractivity contribution is 5.59. The first-order valence-corrected chi connectivity index (χ1v) is 9.58. The van der Waals surface area contributed by atoms with Crippen LogP contribution < -0.4 is 0 Å². The van der Waals surface area contributed by atoms with Gasteiger partial charge in [-0.05, 0) is 30.5 Å². The molecule has 3 aromatic heterocycles. The molecule has 0 unspecified atom stereocenters. The Morgan fingerprint density at radius 1 is 1.07 bits per heavy atom. The summed E-state index contributed by atoms with van der Waals surface area (Å²) in [6.07, 6.45) is 7.22. The van der Waals surface area contributed by atoms with E-state index >= 15 is 0 Å². The predicted molar refractivity (Wildman–Crippen MR) is 102 cm³/mol. The third-order valence-corrected chi connectivity index (χ3v) is 6.03. The van der Waals surface area contributed by atoms with Crippen molar-refractivity contribution >= 4 is 5.65 Å². The molecule has 134 valence electrons. The summed E-state index contributed by atoms with van der Waals surface area (Å²) in [5.74, 6) is 0.790. The normalized spacial score (nSPS) is 21.6. The Morgan fingerprint density at radius 2 is 2.00 bits per heavy atom. The third-order valence-electron chi connectivity index (χ3n) is 6.03. The second-order valence-electron chi connectivity index (χ2n) is 7.55. The molecule has 2 bridgehead atoms. The van der Waals surface area contributed by atoms with Crippen molar-refractivity contribution in [1.29, 1.82) is 0 Å². The molecule has 2 aliphatic heterocycles. The molecule has 2 aliphatic rings. The maximum Gasteiger partial charge on any atom is 0.155 e.